The van der Waals surface area contributed by atoms with Crippen molar-refractivity contribution in [3.8, 4) is 5.75 Å². The molecule has 1 amide bonds. The molecular formula is C13H18N2O3. The second-order valence-corrected chi connectivity index (χ2v) is 4.71. The quantitative estimate of drug-likeness (QED) is 0.645. The first-order valence-electron chi connectivity index (χ1n) is 5.53. The highest BCUT2D eigenvalue weighted by Crippen LogP contribution is 2.12. The van der Waals surface area contributed by atoms with E-state index in [-0.39, 0.29) is 5.84 Å². The first kappa shape index (κ1) is 14.0. The van der Waals surface area contributed by atoms with Crippen LogP contribution in [0.2, 0.25) is 0 Å². The molecule has 98 valence electrons. The normalized spacial score (nSPS) is 12.1. The first-order valence-corrected chi connectivity index (χ1v) is 5.53. The van der Waals surface area contributed by atoms with Crippen LogP contribution in [0, 0.1) is 0 Å². The van der Waals surface area contributed by atoms with Gasteiger partial charge in [0.05, 0.1) is 7.11 Å². The monoisotopic (exact) mass is 250 g/mol. The van der Waals surface area contributed by atoms with Gasteiger partial charge in [-0.25, -0.2) is 4.79 Å². The fraction of sp³-hybridized carbons (Fsp3) is 0.385. The molecule has 0 aromatic heterocycles. The fourth-order valence-electron chi connectivity index (χ4n) is 1.21. The molecule has 18 heavy (non-hydrogen) atoms. The SMILES string of the molecule is COc1ccc(/C(N)=N/C(=O)OC(C)(C)C)cc1. The number of methoxy groups -OCH3 is 1. The van der Waals surface area contributed by atoms with E-state index >= 15 is 0 Å². The number of amides is 1. The van der Waals surface area contributed by atoms with Crippen molar-refractivity contribution in [2.45, 2.75) is 26.4 Å². The average Bonchev–Trinajstić information content (AvgIpc) is 2.26. The summed E-state index contributed by atoms with van der Waals surface area (Å²) in [7, 11) is 1.58. The van der Waals surface area contributed by atoms with E-state index < -0.39 is 11.7 Å². The maximum absolute atomic E-state index is 11.5. The van der Waals surface area contributed by atoms with Gasteiger partial charge in [0.25, 0.3) is 0 Å². The van der Waals surface area contributed by atoms with Gasteiger partial charge in [0.2, 0.25) is 0 Å². The highest BCUT2D eigenvalue weighted by atomic mass is 16.6. The molecule has 0 heterocycles. The molecule has 0 aliphatic rings. The Bertz CT molecular complexity index is 444. The summed E-state index contributed by atoms with van der Waals surface area (Å²) in [5.41, 5.74) is 5.77. The predicted molar refractivity (Wildman–Crippen MR) is 70.0 cm³/mol. The number of hydrogen-bond acceptors (Lipinski definition) is 3. The Morgan fingerprint density at radius 3 is 2.22 bits per heavy atom. The Balaban J connectivity index is 2.79. The number of rotatable bonds is 2. The van der Waals surface area contributed by atoms with Crippen LogP contribution in [-0.4, -0.2) is 24.6 Å². The number of hydrogen-bond donors (Lipinski definition) is 1. The van der Waals surface area contributed by atoms with Crippen molar-refractivity contribution in [3.05, 3.63) is 29.8 Å². The molecule has 0 aliphatic heterocycles. The van der Waals surface area contributed by atoms with Gasteiger partial charge in [-0.05, 0) is 45.0 Å². The van der Waals surface area contributed by atoms with Gasteiger partial charge in [0.15, 0.2) is 0 Å². The number of nitrogens with two attached hydrogens (primary N) is 1. The highest BCUT2D eigenvalue weighted by molar-refractivity contribution is 6.02. The molecule has 5 heteroatoms. The average molecular weight is 250 g/mol. The van der Waals surface area contributed by atoms with Crippen molar-refractivity contribution < 1.29 is 14.3 Å². The van der Waals surface area contributed by atoms with E-state index in [1.165, 1.54) is 0 Å². The summed E-state index contributed by atoms with van der Waals surface area (Å²) in [6, 6.07) is 6.93. The lowest BCUT2D eigenvalue weighted by Gasteiger charge is -2.17. The van der Waals surface area contributed by atoms with E-state index in [0.29, 0.717) is 11.3 Å². The number of carbonyl (C=O) groups is 1. The maximum Gasteiger partial charge on any atom is 0.436 e. The summed E-state index contributed by atoms with van der Waals surface area (Å²) in [6.45, 7) is 5.30. The van der Waals surface area contributed by atoms with Gasteiger partial charge in [0, 0.05) is 5.56 Å². The van der Waals surface area contributed by atoms with Crippen molar-refractivity contribution in [1.29, 1.82) is 0 Å². The Hall–Kier alpha value is -2.04. The van der Waals surface area contributed by atoms with Crippen LogP contribution in [0.5, 0.6) is 5.75 Å². The van der Waals surface area contributed by atoms with Gasteiger partial charge in [-0.2, -0.15) is 4.99 Å². The molecule has 0 aliphatic carbocycles. The Kier molecular flexibility index (Phi) is 4.31. The Morgan fingerprint density at radius 2 is 1.78 bits per heavy atom. The van der Waals surface area contributed by atoms with Crippen LogP contribution in [0.25, 0.3) is 0 Å². The third-order valence-electron chi connectivity index (χ3n) is 1.99. The third-order valence-corrected chi connectivity index (χ3v) is 1.99. The molecule has 1 aromatic rings. The van der Waals surface area contributed by atoms with Crippen molar-refractivity contribution in [2.24, 2.45) is 10.7 Å². The molecule has 2 N–H and O–H groups in total. The second-order valence-electron chi connectivity index (χ2n) is 4.71. The Morgan fingerprint density at radius 1 is 1.22 bits per heavy atom. The topological polar surface area (TPSA) is 73.9 Å². The van der Waals surface area contributed by atoms with Crippen LogP contribution in [0.4, 0.5) is 4.79 Å². The molecule has 0 saturated carbocycles. The molecule has 1 aromatic carbocycles. The third kappa shape index (κ3) is 4.45. The first-order chi connectivity index (χ1) is 8.31. The van der Waals surface area contributed by atoms with Gasteiger partial charge in [0.1, 0.15) is 17.2 Å². The number of carbonyl (C=O) groups excluding carboxylic acids is 1. The van der Waals surface area contributed by atoms with E-state index in [2.05, 4.69) is 4.99 Å². The summed E-state index contributed by atoms with van der Waals surface area (Å²) in [5, 5.41) is 0. The standard InChI is InChI=1S/C13H18N2O3/c1-13(2,3)18-12(16)15-11(14)9-5-7-10(17-4)8-6-9/h5-8H,1-4H3,(H2,14,15,16). The zero-order valence-electron chi connectivity index (χ0n) is 11.1. The fourth-order valence-corrected chi connectivity index (χ4v) is 1.21. The summed E-state index contributed by atoms with van der Waals surface area (Å²) in [5.74, 6) is 0.829. The number of ether oxygens (including phenoxy) is 2. The number of aliphatic imine (C=N–C) groups is 1. The van der Waals surface area contributed by atoms with Crippen LogP contribution in [0.3, 0.4) is 0 Å². The summed E-state index contributed by atoms with van der Waals surface area (Å²) in [4.78, 5) is 15.1. The lowest BCUT2D eigenvalue weighted by molar-refractivity contribution is 0.0604. The van der Waals surface area contributed by atoms with Crippen LogP contribution >= 0.6 is 0 Å². The van der Waals surface area contributed by atoms with E-state index in [1.54, 1.807) is 52.1 Å². The minimum Gasteiger partial charge on any atom is -0.497 e. The van der Waals surface area contributed by atoms with Crippen molar-refractivity contribution in [1.82, 2.24) is 0 Å². The highest BCUT2D eigenvalue weighted by Gasteiger charge is 2.16. The van der Waals surface area contributed by atoms with Crippen molar-refractivity contribution in [2.75, 3.05) is 7.11 Å². The maximum atomic E-state index is 11.5. The zero-order valence-corrected chi connectivity index (χ0v) is 11.1. The van der Waals surface area contributed by atoms with Crippen LogP contribution in [0.15, 0.2) is 29.3 Å². The van der Waals surface area contributed by atoms with Gasteiger partial charge in [-0.1, -0.05) is 0 Å². The minimum atomic E-state index is -0.698. The molecule has 0 radical (unpaired) electrons. The van der Waals surface area contributed by atoms with E-state index in [9.17, 15) is 4.79 Å². The van der Waals surface area contributed by atoms with Gasteiger partial charge >= 0.3 is 6.09 Å². The molecule has 5 nitrogen and oxygen atoms in total. The molecule has 0 bridgehead atoms. The molecular weight excluding hydrogens is 232 g/mol. The molecule has 0 fully saturated rings. The van der Waals surface area contributed by atoms with Crippen LogP contribution in [-0.2, 0) is 4.74 Å². The summed E-state index contributed by atoms with van der Waals surface area (Å²) >= 11 is 0. The van der Waals surface area contributed by atoms with E-state index in [4.69, 9.17) is 15.2 Å². The van der Waals surface area contributed by atoms with Crippen LogP contribution < -0.4 is 10.5 Å². The van der Waals surface area contributed by atoms with E-state index in [1.807, 2.05) is 0 Å². The molecule has 1 rings (SSSR count). The van der Waals surface area contributed by atoms with Crippen molar-refractivity contribution in [3.63, 3.8) is 0 Å². The van der Waals surface area contributed by atoms with Crippen molar-refractivity contribution >= 4 is 11.9 Å². The predicted octanol–water partition coefficient (Wildman–Crippen LogP) is 2.34. The molecule has 0 spiro atoms. The smallest absolute Gasteiger partial charge is 0.436 e. The lowest BCUT2D eigenvalue weighted by Crippen LogP contribution is -2.24. The minimum absolute atomic E-state index is 0.118. The number of amidine groups is 1. The number of benzene rings is 1. The van der Waals surface area contributed by atoms with Gasteiger partial charge in [-0.15, -0.1) is 0 Å². The molecule has 0 saturated heterocycles. The van der Waals surface area contributed by atoms with E-state index in [0.717, 1.165) is 0 Å². The molecule has 0 atom stereocenters. The zero-order chi connectivity index (χ0) is 13.8. The van der Waals surface area contributed by atoms with Crippen LogP contribution in [0.1, 0.15) is 26.3 Å². The largest absolute Gasteiger partial charge is 0.497 e. The molecule has 0 unspecified atom stereocenters. The van der Waals surface area contributed by atoms with Gasteiger partial charge in [-0.3, -0.25) is 0 Å². The lowest BCUT2D eigenvalue weighted by atomic mass is 10.2. The number of nitrogens with zero attached hydrogens (tertiary/aromatic N) is 1. The Labute approximate surface area is 107 Å². The second kappa shape index (κ2) is 5.53. The summed E-state index contributed by atoms with van der Waals surface area (Å²) < 4.78 is 10.1. The summed E-state index contributed by atoms with van der Waals surface area (Å²) in [6.07, 6.45) is -0.698. The van der Waals surface area contributed by atoms with Gasteiger partial charge < -0.3 is 15.2 Å².